The molecule has 0 bridgehead atoms. The van der Waals surface area contributed by atoms with E-state index in [0.29, 0.717) is 19.6 Å². The number of carbonyl (C=O) groups excluding carboxylic acids is 2. The number of methoxy groups -OCH3 is 1. The SMILES string of the molecule is C=CC.CC1=CC(=O)CC(C)(C)C1.COCCOC(C)=O. The van der Waals surface area contributed by atoms with Crippen LogP contribution in [0.15, 0.2) is 24.3 Å². The molecule has 0 aromatic carbocycles. The molecule has 4 heteroatoms. The maximum Gasteiger partial charge on any atom is 0.302 e. The minimum Gasteiger partial charge on any atom is -0.463 e. The summed E-state index contributed by atoms with van der Waals surface area (Å²) in [5.41, 5.74) is 1.43. The molecule has 0 heterocycles. The van der Waals surface area contributed by atoms with Crippen molar-refractivity contribution in [2.45, 2.75) is 47.5 Å². The number of allylic oxidation sites excluding steroid dienone is 3. The fraction of sp³-hybridized carbons (Fsp3) is 0.647. The van der Waals surface area contributed by atoms with Crippen molar-refractivity contribution in [2.75, 3.05) is 20.3 Å². The largest absolute Gasteiger partial charge is 0.463 e. The van der Waals surface area contributed by atoms with E-state index in [-0.39, 0.29) is 17.2 Å². The Labute approximate surface area is 129 Å². The first-order chi connectivity index (χ1) is 9.68. The molecule has 0 saturated heterocycles. The number of ether oxygens (including phenoxy) is 2. The normalized spacial score (nSPS) is 15.5. The van der Waals surface area contributed by atoms with Crippen LogP contribution >= 0.6 is 0 Å². The van der Waals surface area contributed by atoms with E-state index in [2.05, 4.69) is 29.9 Å². The molecule has 0 spiro atoms. The van der Waals surface area contributed by atoms with Crippen LogP contribution in [0.4, 0.5) is 0 Å². The summed E-state index contributed by atoms with van der Waals surface area (Å²) in [5, 5.41) is 0. The van der Waals surface area contributed by atoms with E-state index in [9.17, 15) is 9.59 Å². The van der Waals surface area contributed by atoms with Crippen LogP contribution < -0.4 is 0 Å². The van der Waals surface area contributed by atoms with Crippen molar-refractivity contribution in [1.29, 1.82) is 0 Å². The van der Waals surface area contributed by atoms with Gasteiger partial charge in [0.1, 0.15) is 6.61 Å². The van der Waals surface area contributed by atoms with E-state index in [1.807, 2.05) is 13.8 Å². The highest BCUT2D eigenvalue weighted by Crippen LogP contribution is 2.32. The molecule has 1 aliphatic carbocycles. The Balaban J connectivity index is 0. The zero-order chi connectivity index (χ0) is 16.9. The highest BCUT2D eigenvalue weighted by Gasteiger charge is 2.25. The molecule has 0 fully saturated rings. The van der Waals surface area contributed by atoms with Crippen LogP contribution in [-0.4, -0.2) is 32.1 Å². The van der Waals surface area contributed by atoms with Gasteiger partial charge in [0.2, 0.25) is 0 Å². The van der Waals surface area contributed by atoms with E-state index < -0.39 is 0 Å². The fourth-order valence-corrected chi connectivity index (χ4v) is 1.93. The first kappa shape index (κ1) is 21.9. The minimum atomic E-state index is -0.262. The van der Waals surface area contributed by atoms with Crippen molar-refractivity contribution in [3.63, 3.8) is 0 Å². The van der Waals surface area contributed by atoms with Gasteiger partial charge in [0.15, 0.2) is 5.78 Å². The lowest BCUT2D eigenvalue weighted by atomic mass is 9.77. The lowest BCUT2D eigenvalue weighted by Crippen LogP contribution is -2.20. The Morgan fingerprint density at radius 3 is 2.24 bits per heavy atom. The number of hydrogen-bond donors (Lipinski definition) is 0. The van der Waals surface area contributed by atoms with Crippen LogP contribution in [0, 0.1) is 5.41 Å². The number of rotatable bonds is 3. The maximum absolute atomic E-state index is 11.0. The summed E-state index contributed by atoms with van der Waals surface area (Å²) in [7, 11) is 1.56. The zero-order valence-corrected chi connectivity index (χ0v) is 14.3. The van der Waals surface area contributed by atoms with E-state index in [1.54, 1.807) is 19.3 Å². The summed E-state index contributed by atoms with van der Waals surface area (Å²) in [6.45, 7) is 13.8. The Morgan fingerprint density at radius 2 is 1.90 bits per heavy atom. The van der Waals surface area contributed by atoms with Gasteiger partial charge in [0.05, 0.1) is 6.61 Å². The molecule has 0 unspecified atom stereocenters. The van der Waals surface area contributed by atoms with Gasteiger partial charge in [-0.25, -0.2) is 0 Å². The summed E-state index contributed by atoms with van der Waals surface area (Å²) in [4.78, 5) is 21.1. The maximum atomic E-state index is 11.0. The van der Waals surface area contributed by atoms with Crippen molar-refractivity contribution in [3.05, 3.63) is 24.3 Å². The first-order valence-electron chi connectivity index (χ1n) is 7.08. The van der Waals surface area contributed by atoms with E-state index in [1.165, 1.54) is 12.5 Å². The van der Waals surface area contributed by atoms with E-state index in [4.69, 9.17) is 0 Å². The van der Waals surface area contributed by atoms with E-state index >= 15 is 0 Å². The summed E-state index contributed by atoms with van der Waals surface area (Å²) in [5.74, 6) is 0.0239. The third kappa shape index (κ3) is 16.5. The number of esters is 1. The summed E-state index contributed by atoms with van der Waals surface area (Å²) in [6.07, 6.45) is 5.30. The van der Waals surface area contributed by atoms with E-state index in [0.717, 1.165) is 6.42 Å². The van der Waals surface area contributed by atoms with Crippen molar-refractivity contribution in [3.8, 4) is 0 Å². The average molecular weight is 298 g/mol. The number of carbonyl (C=O) groups is 2. The molecular weight excluding hydrogens is 268 g/mol. The predicted molar refractivity (Wildman–Crippen MR) is 86.2 cm³/mol. The molecule has 122 valence electrons. The third-order valence-corrected chi connectivity index (χ3v) is 2.41. The number of ketones is 1. The third-order valence-electron chi connectivity index (χ3n) is 2.41. The Hall–Kier alpha value is -1.42. The van der Waals surface area contributed by atoms with Crippen LogP contribution in [0.1, 0.15) is 47.5 Å². The molecule has 4 nitrogen and oxygen atoms in total. The van der Waals surface area contributed by atoms with Gasteiger partial charge in [-0.1, -0.05) is 25.5 Å². The highest BCUT2D eigenvalue weighted by atomic mass is 16.6. The molecule has 0 aliphatic heterocycles. The molecule has 1 aliphatic rings. The molecule has 0 radical (unpaired) electrons. The zero-order valence-electron chi connectivity index (χ0n) is 14.3. The molecule has 0 saturated carbocycles. The Kier molecular flexibility index (Phi) is 12.8. The summed E-state index contributed by atoms with van der Waals surface area (Å²) in [6, 6.07) is 0. The van der Waals surface area contributed by atoms with Crippen molar-refractivity contribution in [2.24, 2.45) is 5.41 Å². The standard InChI is InChI=1S/C9H14O.C5H10O3.C3H6/c1-7-4-8(10)6-9(2,3)5-7;1-5(6)8-4-3-7-2;1-3-2/h4H,5-6H2,1-3H3;3-4H2,1-2H3;3H,1H2,2H3. The van der Waals surface area contributed by atoms with Crippen LogP contribution in [-0.2, 0) is 19.1 Å². The van der Waals surface area contributed by atoms with Gasteiger partial charge in [0, 0.05) is 20.5 Å². The molecule has 0 aromatic heterocycles. The molecule has 1 rings (SSSR count). The molecule has 0 amide bonds. The molecule has 0 aromatic rings. The summed E-state index contributed by atoms with van der Waals surface area (Å²) < 4.78 is 9.13. The van der Waals surface area contributed by atoms with Gasteiger partial charge in [-0.3, -0.25) is 9.59 Å². The average Bonchev–Trinajstić information content (AvgIpc) is 2.27. The van der Waals surface area contributed by atoms with Crippen LogP contribution in [0.2, 0.25) is 0 Å². The van der Waals surface area contributed by atoms with Gasteiger partial charge in [-0.05, 0) is 31.8 Å². The second-order valence-corrected chi connectivity index (χ2v) is 5.72. The smallest absolute Gasteiger partial charge is 0.302 e. The van der Waals surface area contributed by atoms with Crippen molar-refractivity contribution < 1.29 is 19.1 Å². The topological polar surface area (TPSA) is 52.6 Å². The second kappa shape index (κ2) is 12.3. The number of hydrogen-bond acceptors (Lipinski definition) is 4. The highest BCUT2D eigenvalue weighted by molar-refractivity contribution is 5.91. The molecule has 0 N–H and O–H groups in total. The van der Waals surface area contributed by atoms with Gasteiger partial charge >= 0.3 is 5.97 Å². The second-order valence-electron chi connectivity index (χ2n) is 5.72. The lowest BCUT2D eigenvalue weighted by Gasteiger charge is -2.27. The Morgan fingerprint density at radius 1 is 1.38 bits per heavy atom. The van der Waals surface area contributed by atoms with Gasteiger partial charge < -0.3 is 9.47 Å². The fourth-order valence-electron chi connectivity index (χ4n) is 1.93. The molecule has 0 atom stereocenters. The quantitative estimate of drug-likeness (QED) is 0.453. The monoisotopic (exact) mass is 298 g/mol. The van der Waals surface area contributed by atoms with Crippen molar-refractivity contribution >= 4 is 11.8 Å². The Bertz CT molecular complexity index is 354. The van der Waals surface area contributed by atoms with Gasteiger partial charge in [-0.15, -0.1) is 6.58 Å². The van der Waals surface area contributed by atoms with Crippen LogP contribution in [0.25, 0.3) is 0 Å². The van der Waals surface area contributed by atoms with Gasteiger partial charge in [0.25, 0.3) is 0 Å². The summed E-state index contributed by atoms with van der Waals surface area (Å²) >= 11 is 0. The molecule has 21 heavy (non-hydrogen) atoms. The minimum absolute atomic E-state index is 0.204. The predicted octanol–water partition coefficient (Wildman–Crippen LogP) is 3.71. The lowest BCUT2D eigenvalue weighted by molar-refractivity contribution is -0.142. The first-order valence-corrected chi connectivity index (χ1v) is 7.08. The molecular formula is C17H30O4. The van der Waals surface area contributed by atoms with Crippen LogP contribution in [0.5, 0.6) is 0 Å². The van der Waals surface area contributed by atoms with Crippen LogP contribution in [0.3, 0.4) is 0 Å². The van der Waals surface area contributed by atoms with Gasteiger partial charge in [-0.2, -0.15) is 0 Å². The van der Waals surface area contributed by atoms with Crippen molar-refractivity contribution in [1.82, 2.24) is 0 Å².